The third-order valence-corrected chi connectivity index (χ3v) is 8.20. The Hall–Kier alpha value is -4.05. The van der Waals surface area contributed by atoms with Crippen molar-refractivity contribution in [1.82, 2.24) is 9.97 Å². The molecule has 5 rings (SSSR count). The Morgan fingerprint density at radius 1 is 1.03 bits per heavy atom. The number of hydrogen-bond acceptors (Lipinski definition) is 9. The molecule has 12 heteroatoms. The zero-order chi connectivity index (χ0) is 26.6. The van der Waals surface area contributed by atoms with Crippen molar-refractivity contribution < 1.29 is 18.3 Å². The van der Waals surface area contributed by atoms with E-state index in [2.05, 4.69) is 26.7 Å². The first-order valence-corrected chi connectivity index (χ1v) is 13.6. The lowest BCUT2D eigenvalue weighted by Gasteiger charge is -2.13. The highest BCUT2D eigenvalue weighted by molar-refractivity contribution is 8.04. The third-order valence-electron chi connectivity index (χ3n) is 5.22. The highest BCUT2D eigenvalue weighted by Crippen LogP contribution is 2.34. The van der Waals surface area contributed by atoms with E-state index in [1.54, 1.807) is 19.2 Å². The molecule has 5 aromatic rings. The van der Waals surface area contributed by atoms with Crippen LogP contribution in [-0.4, -0.2) is 28.7 Å². The summed E-state index contributed by atoms with van der Waals surface area (Å²) < 4.78 is 34.9. The maximum atomic E-state index is 14.5. The normalized spacial score (nSPS) is 11.7. The van der Waals surface area contributed by atoms with Gasteiger partial charge in [0.25, 0.3) is 0 Å². The monoisotopic (exact) mass is 565 g/mol. The SMILES string of the molecule is COc1ccc2nc(NC(=O)CSC(Nc3ccc(F)cc3F)=C(C#N)c3nc4ccccc4s3)sc2c1. The lowest BCUT2D eigenvalue weighted by molar-refractivity contribution is -0.113. The van der Waals surface area contributed by atoms with Gasteiger partial charge in [0.2, 0.25) is 5.91 Å². The number of para-hydroxylation sites is 1. The molecule has 0 fully saturated rings. The standard InChI is InChI=1S/C26H17F2N5O2S3/c1-35-15-7-9-20-22(11-15)38-26(32-20)33-23(34)13-36-24(30-18-8-6-14(27)10-17(18)28)16(12-29)25-31-19-4-2-3-5-21(19)37-25/h2-11,30H,13H2,1H3,(H,32,33,34). The minimum Gasteiger partial charge on any atom is -0.497 e. The van der Waals surface area contributed by atoms with Gasteiger partial charge in [-0.05, 0) is 42.5 Å². The van der Waals surface area contributed by atoms with E-state index < -0.39 is 11.6 Å². The van der Waals surface area contributed by atoms with E-state index in [0.717, 1.165) is 38.8 Å². The Bertz CT molecular complexity index is 1710. The smallest absolute Gasteiger partial charge is 0.236 e. The molecule has 2 heterocycles. The zero-order valence-corrected chi connectivity index (χ0v) is 22.1. The van der Waals surface area contributed by atoms with Gasteiger partial charge in [-0.2, -0.15) is 5.26 Å². The summed E-state index contributed by atoms with van der Waals surface area (Å²) >= 11 is 3.60. The predicted molar refractivity (Wildman–Crippen MR) is 149 cm³/mol. The minimum atomic E-state index is -0.834. The van der Waals surface area contributed by atoms with Gasteiger partial charge in [0.1, 0.15) is 34.0 Å². The molecule has 2 N–H and O–H groups in total. The second-order valence-corrected chi connectivity index (χ2v) is 10.8. The molecule has 7 nitrogen and oxygen atoms in total. The molecule has 3 aromatic carbocycles. The number of ether oxygens (including phenoxy) is 1. The summed E-state index contributed by atoms with van der Waals surface area (Å²) in [6, 6.07) is 18.0. The number of rotatable bonds is 8. The third kappa shape index (κ3) is 5.60. The largest absolute Gasteiger partial charge is 0.497 e. The molecule has 0 aliphatic carbocycles. The number of allylic oxidation sites excluding steroid dienone is 1. The van der Waals surface area contributed by atoms with Crippen molar-refractivity contribution >= 4 is 77.2 Å². The summed E-state index contributed by atoms with van der Waals surface area (Å²) in [5.74, 6) is -1.37. The van der Waals surface area contributed by atoms with Gasteiger partial charge < -0.3 is 15.4 Å². The van der Waals surface area contributed by atoms with E-state index in [-0.39, 0.29) is 27.9 Å². The van der Waals surface area contributed by atoms with Crippen LogP contribution in [0, 0.1) is 23.0 Å². The number of thiazole rings is 2. The number of anilines is 2. The van der Waals surface area contributed by atoms with E-state index in [1.807, 2.05) is 30.3 Å². The first-order chi connectivity index (χ1) is 18.4. The number of nitrogens with zero attached hydrogens (tertiary/aromatic N) is 3. The fourth-order valence-electron chi connectivity index (χ4n) is 3.44. The molecule has 0 spiro atoms. The Morgan fingerprint density at radius 3 is 2.61 bits per heavy atom. The summed E-state index contributed by atoms with van der Waals surface area (Å²) in [7, 11) is 1.57. The number of carbonyl (C=O) groups is 1. The van der Waals surface area contributed by atoms with Crippen molar-refractivity contribution in [2.24, 2.45) is 0 Å². The van der Waals surface area contributed by atoms with Crippen LogP contribution >= 0.6 is 34.4 Å². The van der Waals surface area contributed by atoms with Crippen molar-refractivity contribution in [1.29, 1.82) is 5.26 Å². The molecule has 0 unspecified atom stereocenters. The lowest BCUT2D eigenvalue weighted by atomic mass is 10.3. The van der Waals surface area contributed by atoms with Crippen LogP contribution in [0.25, 0.3) is 26.0 Å². The number of halogens is 2. The van der Waals surface area contributed by atoms with Gasteiger partial charge in [0.15, 0.2) is 5.13 Å². The molecule has 0 atom stereocenters. The molecular formula is C26H17F2N5O2S3. The molecule has 0 aliphatic rings. The van der Waals surface area contributed by atoms with Gasteiger partial charge in [-0.3, -0.25) is 4.79 Å². The highest BCUT2D eigenvalue weighted by Gasteiger charge is 2.19. The van der Waals surface area contributed by atoms with Gasteiger partial charge in [-0.25, -0.2) is 18.7 Å². The molecule has 38 heavy (non-hydrogen) atoms. The molecule has 0 saturated carbocycles. The van der Waals surface area contributed by atoms with Gasteiger partial charge in [-0.15, -0.1) is 11.3 Å². The zero-order valence-electron chi connectivity index (χ0n) is 19.6. The van der Waals surface area contributed by atoms with Crippen LogP contribution in [0.15, 0.2) is 65.7 Å². The van der Waals surface area contributed by atoms with Crippen LogP contribution in [0.2, 0.25) is 0 Å². The fraction of sp³-hybridized carbons (Fsp3) is 0.0769. The number of nitrogens with one attached hydrogen (secondary N) is 2. The number of fused-ring (bicyclic) bond motifs is 2. The number of benzene rings is 3. The van der Waals surface area contributed by atoms with Gasteiger partial charge in [0, 0.05) is 6.07 Å². The van der Waals surface area contributed by atoms with Crippen LogP contribution in [-0.2, 0) is 4.79 Å². The van der Waals surface area contributed by atoms with Crippen molar-refractivity contribution in [2.45, 2.75) is 0 Å². The predicted octanol–water partition coefficient (Wildman–Crippen LogP) is 6.87. The number of hydrogen-bond donors (Lipinski definition) is 2. The average Bonchev–Trinajstić information content (AvgIpc) is 3.51. The van der Waals surface area contributed by atoms with E-state index in [1.165, 1.54) is 28.7 Å². The molecule has 0 aliphatic heterocycles. The number of nitriles is 1. The average molecular weight is 566 g/mol. The summed E-state index contributed by atoms with van der Waals surface area (Å²) in [6.07, 6.45) is 0. The Balaban J connectivity index is 1.41. The minimum absolute atomic E-state index is 0.0386. The maximum Gasteiger partial charge on any atom is 0.236 e. The number of aromatic nitrogens is 2. The van der Waals surface area contributed by atoms with Crippen LogP contribution in [0.5, 0.6) is 5.75 Å². The molecular weight excluding hydrogens is 549 g/mol. The summed E-state index contributed by atoms with van der Waals surface area (Å²) in [5, 5.41) is 16.7. The molecule has 2 aromatic heterocycles. The van der Waals surface area contributed by atoms with E-state index in [0.29, 0.717) is 21.4 Å². The number of carbonyl (C=O) groups excluding carboxylic acids is 1. The number of amides is 1. The second kappa shape index (κ2) is 11.1. The molecule has 1 amide bonds. The van der Waals surface area contributed by atoms with Crippen LogP contribution in [0.4, 0.5) is 19.6 Å². The fourth-order valence-corrected chi connectivity index (χ4v) is 6.20. The first kappa shape index (κ1) is 25.6. The molecule has 0 saturated heterocycles. The van der Waals surface area contributed by atoms with E-state index in [9.17, 15) is 18.8 Å². The van der Waals surface area contributed by atoms with Crippen LogP contribution in [0.3, 0.4) is 0 Å². The maximum absolute atomic E-state index is 14.5. The molecule has 190 valence electrons. The van der Waals surface area contributed by atoms with Crippen molar-refractivity contribution in [3.05, 3.63) is 82.3 Å². The van der Waals surface area contributed by atoms with Crippen molar-refractivity contribution in [3.63, 3.8) is 0 Å². The molecule has 0 bridgehead atoms. The van der Waals surface area contributed by atoms with E-state index >= 15 is 0 Å². The topological polar surface area (TPSA) is 99.9 Å². The van der Waals surface area contributed by atoms with Gasteiger partial charge >= 0.3 is 0 Å². The summed E-state index contributed by atoms with van der Waals surface area (Å²) in [5.41, 5.74) is 1.53. The number of methoxy groups -OCH3 is 1. The van der Waals surface area contributed by atoms with Crippen LogP contribution in [0.1, 0.15) is 5.01 Å². The van der Waals surface area contributed by atoms with Gasteiger partial charge in [0.05, 0.1) is 44.0 Å². The quantitative estimate of drug-likeness (QED) is 0.198. The molecule has 0 radical (unpaired) electrons. The number of thioether (sulfide) groups is 1. The Morgan fingerprint density at radius 2 is 1.84 bits per heavy atom. The van der Waals surface area contributed by atoms with E-state index in [4.69, 9.17) is 4.74 Å². The van der Waals surface area contributed by atoms with Crippen LogP contribution < -0.4 is 15.4 Å². The Kier molecular flexibility index (Phi) is 7.50. The highest BCUT2D eigenvalue weighted by atomic mass is 32.2. The van der Waals surface area contributed by atoms with Gasteiger partial charge in [-0.1, -0.05) is 35.2 Å². The lowest BCUT2D eigenvalue weighted by Crippen LogP contribution is -2.15. The summed E-state index contributed by atoms with van der Waals surface area (Å²) in [6.45, 7) is 0. The van der Waals surface area contributed by atoms with Crippen molar-refractivity contribution in [3.8, 4) is 11.8 Å². The first-order valence-electron chi connectivity index (χ1n) is 11.0. The Labute approximate surface area is 227 Å². The summed E-state index contributed by atoms with van der Waals surface area (Å²) in [4.78, 5) is 21.8. The van der Waals surface area contributed by atoms with Crippen molar-refractivity contribution in [2.75, 3.05) is 23.5 Å². The second-order valence-electron chi connectivity index (χ2n) is 7.74.